The highest BCUT2D eigenvalue weighted by Gasteiger charge is 2.50. The smallest absolute Gasteiger partial charge is 0.344 e. The van der Waals surface area contributed by atoms with Gasteiger partial charge in [-0.25, -0.2) is 4.79 Å². The molecule has 4 rings (SSSR count). The fourth-order valence-corrected chi connectivity index (χ4v) is 4.05. The van der Waals surface area contributed by atoms with E-state index < -0.39 is 23.4 Å². The predicted octanol–water partition coefficient (Wildman–Crippen LogP) is 2.78. The van der Waals surface area contributed by atoms with Crippen LogP contribution >= 0.6 is 0 Å². The van der Waals surface area contributed by atoms with Gasteiger partial charge in [-0.3, -0.25) is 19.9 Å². The van der Waals surface area contributed by atoms with E-state index in [0.29, 0.717) is 17.9 Å². The maximum absolute atomic E-state index is 13.1. The number of urea groups is 1. The first-order valence-electron chi connectivity index (χ1n) is 10.6. The van der Waals surface area contributed by atoms with Crippen LogP contribution in [0, 0.1) is 0 Å². The number of hydrogen-bond acceptors (Lipinski definition) is 5. The zero-order chi connectivity index (χ0) is 23.6. The first-order chi connectivity index (χ1) is 15.8. The molecule has 0 aliphatic carbocycles. The third-order valence-corrected chi connectivity index (χ3v) is 5.81. The average molecular weight is 447 g/mol. The zero-order valence-electron chi connectivity index (χ0n) is 18.8. The molecular formula is C25H26N4O4. The summed E-state index contributed by atoms with van der Waals surface area (Å²) in [5.41, 5.74) is 2.78. The topological polar surface area (TPSA) is 91.0 Å². The molecule has 3 aromatic rings. The number of likely N-dealkylation sites (N-methyl/N-ethyl adjacent to an activating group) is 1. The van der Waals surface area contributed by atoms with Crippen molar-refractivity contribution in [2.24, 2.45) is 0 Å². The minimum Gasteiger partial charge on any atom is -0.497 e. The van der Waals surface area contributed by atoms with Crippen molar-refractivity contribution < 1.29 is 19.1 Å². The number of carbonyl (C=O) groups excluding carboxylic acids is 3. The summed E-state index contributed by atoms with van der Waals surface area (Å²) < 4.78 is 5.22. The van der Waals surface area contributed by atoms with Gasteiger partial charge >= 0.3 is 6.03 Å². The quantitative estimate of drug-likeness (QED) is 0.545. The summed E-state index contributed by atoms with van der Waals surface area (Å²) in [6.07, 6.45) is 0. The molecule has 8 nitrogen and oxygen atoms in total. The molecule has 0 aromatic heterocycles. The Labute approximate surface area is 192 Å². The lowest BCUT2D eigenvalue weighted by Gasteiger charge is -2.23. The molecule has 33 heavy (non-hydrogen) atoms. The van der Waals surface area contributed by atoms with Crippen LogP contribution in [0.15, 0.2) is 66.7 Å². The van der Waals surface area contributed by atoms with Gasteiger partial charge in [-0.05, 0) is 48.0 Å². The Hall–Kier alpha value is -3.91. The molecule has 0 spiro atoms. The lowest BCUT2D eigenvalue weighted by molar-refractivity contribution is -0.139. The number of imide groups is 1. The van der Waals surface area contributed by atoms with Crippen LogP contribution in [0.2, 0.25) is 0 Å². The van der Waals surface area contributed by atoms with Gasteiger partial charge in [0, 0.05) is 6.54 Å². The first kappa shape index (κ1) is 22.3. The highest BCUT2D eigenvalue weighted by Crippen LogP contribution is 2.30. The Morgan fingerprint density at radius 3 is 2.61 bits per heavy atom. The number of rotatable bonds is 7. The summed E-state index contributed by atoms with van der Waals surface area (Å²) in [6, 6.07) is 20.3. The minimum absolute atomic E-state index is 0.0101. The molecular weight excluding hydrogens is 420 g/mol. The summed E-state index contributed by atoms with van der Waals surface area (Å²) in [6.45, 7) is 2.15. The Bertz CT molecular complexity index is 1220. The van der Waals surface area contributed by atoms with E-state index in [9.17, 15) is 14.4 Å². The highest BCUT2D eigenvalue weighted by atomic mass is 16.5. The lowest BCUT2D eigenvalue weighted by Crippen LogP contribution is -2.50. The van der Waals surface area contributed by atoms with Gasteiger partial charge in [0.15, 0.2) is 0 Å². The number of amides is 4. The number of hydrogen-bond donors (Lipinski definition) is 2. The molecule has 1 fully saturated rings. The van der Waals surface area contributed by atoms with E-state index in [2.05, 4.69) is 10.7 Å². The van der Waals surface area contributed by atoms with Gasteiger partial charge in [0.05, 0.1) is 13.7 Å². The van der Waals surface area contributed by atoms with Crippen molar-refractivity contribution >= 4 is 28.6 Å². The third-order valence-electron chi connectivity index (χ3n) is 5.81. The summed E-state index contributed by atoms with van der Waals surface area (Å²) in [5, 5.41) is 5.66. The molecule has 1 unspecified atom stereocenters. The van der Waals surface area contributed by atoms with Crippen LogP contribution in [0.25, 0.3) is 10.8 Å². The molecule has 8 heteroatoms. The molecule has 3 aromatic carbocycles. The van der Waals surface area contributed by atoms with E-state index in [1.54, 1.807) is 31.2 Å². The molecule has 1 aliphatic heterocycles. The average Bonchev–Trinajstić information content (AvgIpc) is 3.03. The summed E-state index contributed by atoms with van der Waals surface area (Å²) in [4.78, 5) is 40.1. The molecule has 4 amide bonds. The molecule has 1 atom stereocenters. The van der Waals surface area contributed by atoms with Crippen LogP contribution in [0.5, 0.6) is 5.75 Å². The van der Waals surface area contributed by atoms with Crippen molar-refractivity contribution in [3.63, 3.8) is 0 Å². The van der Waals surface area contributed by atoms with Crippen molar-refractivity contribution in [3.05, 3.63) is 77.9 Å². The number of benzene rings is 3. The lowest BCUT2D eigenvalue weighted by atomic mass is 9.92. The van der Waals surface area contributed by atoms with Crippen LogP contribution in [0.1, 0.15) is 18.1 Å². The van der Waals surface area contributed by atoms with Crippen LogP contribution in [-0.2, 0) is 21.7 Å². The number of methoxy groups -OCH3 is 1. The SMILES string of the molecule is COc1cccc(C2(C)NC(=O)N(NC(=O)CN(C)Cc3cccc4ccccc34)C2=O)c1. The third kappa shape index (κ3) is 4.38. The van der Waals surface area contributed by atoms with E-state index in [1.165, 1.54) is 7.11 Å². The summed E-state index contributed by atoms with van der Waals surface area (Å²) in [5.74, 6) is -0.463. The number of nitrogens with one attached hydrogen (secondary N) is 2. The second-order valence-corrected chi connectivity index (χ2v) is 8.27. The minimum atomic E-state index is -1.31. The maximum Gasteiger partial charge on any atom is 0.344 e. The van der Waals surface area contributed by atoms with Crippen LogP contribution in [0.4, 0.5) is 4.79 Å². The van der Waals surface area contributed by atoms with Gasteiger partial charge in [0.25, 0.3) is 11.8 Å². The van der Waals surface area contributed by atoms with Gasteiger partial charge in [0.1, 0.15) is 11.3 Å². The molecule has 0 radical (unpaired) electrons. The molecule has 1 saturated heterocycles. The van der Waals surface area contributed by atoms with E-state index >= 15 is 0 Å². The van der Waals surface area contributed by atoms with Crippen molar-refractivity contribution in [3.8, 4) is 5.75 Å². The maximum atomic E-state index is 13.1. The largest absolute Gasteiger partial charge is 0.497 e. The Kier molecular flexibility index (Phi) is 6.02. The van der Waals surface area contributed by atoms with Crippen molar-refractivity contribution in [1.82, 2.24) is 20.7 Å². The fraction of sp³-hybridized carbons (Fsp3) is 0.240. The molecule has 0 saturated carbocycles. The van der Waals surface area contributed by atoms with E-state index in [0.717, 1.165) is 21.3 Å². The predicted molar refractivity (Wildman–Crippen MR) is 124 cm³/mol. The molecule has 1 heterocycles. The number of fused-ring (bicyclic) bond motifs is 1. The first-order valence-corrected chi connectivity index (χ1v) is 10.6. The van der Waals surface area contributed by atoms with Gasteiger partial charge in [-0.2, -0.15) is 5.01 Å². The Morgan fingerprint density at radius 1 is 1.09 bits per heavy atom. The van der Waals surface area contributed by atoms with Crippen LogP contribution in [0.3, 0.4) is 0 Å². The molecule has 2 N–H and O–H groups in total. The monoisotopic (exact) mass is 446 g/mol. The second kappa shape index (κ2) is 8.91. The van der Waals surface area contributed by atoms with Gasteiger partial charge in [-0.1, -0.05) is 54.6 Å². The Morgan fingerprint density at radius 2 is 1.82 bits per heavy atom. The number of carbonyl (C=O) groups is 3. The molecule has 1 aliphatic rings. The summed E-state index contributed by atoms with van der Waals surface area (Å²) in [7, 11) is 3.34. The van der Waals surface area contributed by atoms with Crippen LogP contribution in [-0.4, -0.2) is 48.5 Å². The van der Waals surface area contributed by atoms with Gasteiger partial charge in [-0.15, -0.1) is 0 Å². The zero-order valence-corrected chi connectivity index (χ0v) is 18.8. The van der Waals surface area contributed by atoms with E-state index in [4.69, 9.17) is 4.74 Å². The van der Waals surface area contributed by atoms with Crippen molar-refractivity contribution in [2.45, 2.75) is 19.0 Å². The number of ether oxygens (including phenoxy) is 1. The fourth-order valence-electron chi connectivity index (χ4n) is 4.05. The normalized spacial score (nSPS) is 18.0. The van der Waals surface area contributed by atoms with E-state index in [1.807, 2.05) is 54.4 Å². The molecule has 0 bridgehead atoms. The molecule has 170 valence electrons. The number of hydrazine groups is 1. The second-order valence-electron chi connectivity index (χ2n) is 8.27. The highest BCUT2D eigenvalue weighted by molar-refractivity contribution is 6.08. The van der Waals surface area contributed by atoms with E-state index in [-0.39, 0.29) is 6.54 Å². The van der Waals surface area contributed by atoms with Crippen LogP contribution < -0.4 is 15.5 Å². The number of nitrogens with zero attached hydrogens (tertiary/aromatic N) is 2. The van der Waals surface area contributed by atoms with Gasteiger partial charge < -0.3 is 10.1 Å². The van der Waals surface area contributed by atoms with Gasteiger partial charge in [0.2, 0.25) is 0 Å². The standard InChI is InChI=1S/C25H26N4O4/c1-25(19-11-7-12-20(14-19)33-3)23(31)29(24(32)26-25)27-22(30)16-28(2)15-18-10-6-9-17-8-4-5-13-21(17)18/h4-14H,15-16H2,1-3H3,(H,26,32)(H,27,30). The van der Waals surface area contributed by atoms with Crippen molar-refractivity contribution in [1.29, 1.82) is 0 Å². The summed E-state index contributed by atoms with van der Waals surface area (Å²) >= 11 is 0. The Balaban J connectivity index is 1.42. The van der Waals surface area contributed by atoms with Crippen molar-refractivity contribution in [2.75, 3.05) is 20.7 Å².